The standard InChI is InChI=1S/C16H18N2O3/c1-20-13-6-7-14(15(9-13)21-2)16(19)18-10-11-4-3-5-12(17)8-11/h3-9H,10,17H2,1-2H3,(H,18,19). The third kappa shape index (κ3) is 3.66. The molecule has 2 aromatic carbocycles. The van der Waals surface area contributed by atoms with E-state index in [-0.39, 0.29) is 5.91 Å². The number of anilines is 1. The monoisotopic (exact) mass is 286 g/mol. The lowest BCUT2D eigenvalue weighted by atomic mass is 10.1. The molecule has 0 spiro atoms. The number of methoxy groups -OCH3 is 2. The van der Waals surface area contributed by atoms with Gasteiger partial charge in [-0.05, 0) is 29.8 Å². The first-order chi connectivity index (χ1) is 10.1. The van der Waals surface area contributed by atoms with E-state index in [1.807, 2.05) is 18.2 Å². The van der Waals surface area contributed by atoms with E-state index < -0.39 is 0 Å². The minimum Gasteiger partial charge on any atom is -0.497 e. The Morgan fingerprint density at radius 1 is 1.14 bits per heavy atom. The third-order valence-corrected chi connectivity index (χ3v) is 3.06. The van der Waals surface area contributed by atoms with Gasteiger partial charge in [-0.15, -0.1) is 0 Å². The number of carbonyl (C=O) groups excluding carboxylic acids is 1. The molecular weight excluding hydrogens is 268 g/mol. The molecule has 0 aliphatic heterocycles. The number of nitrogens with one attached hydrogen (secondary N) is 1. The Hall–Kier alpha value is -2.69. The van der Waals surface area contributed by atoms with Gasteiger partial charge in [0.2, 0.25) is 0 Å². The maximum absolute atomic E-state index is 12.2. The van der Waals surface area contributed by atoms with Gasteiger partial charge in [-0.1, -0.05) is 12.1 Å². The predicted octanol–water partition coefficient (Wildman–Crippen LogP) is 2.22. The van der Waals surface area contributed by atoms with Crippen LogP contribution in [0.3, 0.4) is 0 Å². The molecule has 2 aromatic rings. The summed E-state index contributed by atoms with van der Waals surface area (Å²) in [4.78, 5) is 12.2. The van der Waals surface area contributed by atoms with Crippen LogP contribution in [0.2, 0.25) is 0 Å². The third-order valence-electron chi connectivity index (χ3n) is 3.06. The lowest BCUT2D eigenvalue weighted by Crippen LogP contribution is -2.23. The van der Waals surface area contributed by atoms with E-state index in [1.165, 1.54) is 7.11 Å². The maximum Gasteiger partial charge on any atom is 0.255 e. The van der Waals surface area contributed by atoms with E-state index in [2.05, 4.69) is 5.32 Å². The molecule has 0 saturated carbocycles. The number of rotatable bonds is 5. The second-order valence-electron chi connectivity index (χ2n) is 4.49. The van der Waals surface area contributed by atoms with E-state index in [4.69, 9.17) is 15.2 Å². The number of nitrogens with two attached hydrogens (primary N) is 1. The van der Waals surface area contributed by atoms with Gasteiger partial charge in [-0.3, -0.25) is 4.79 Å². The Bertz CT molecular complexity index is 641. The van der Waals surface area contributed by atoms with Crippen LogP contribution >= 0.6 is 0 Å². The number of hydrogen-bond acceptors (Lipinski definition) is 4. The summed E-state index contributed by atoms with van der Waals surface area (Å²) in [7, 11) is 3.08. The van der Waals surface area contributed by atoms with Gasteiger partial charge in [0.25, 0.3) is 5.91 Å². The van der Waals surface area contributed by atoms with Crippen LogP contribution in [0.25, 0.3) is 0 Å². The number of hydrogen-bond donors (Lipinski definition) is 2. The lowest BCUT2D eigenvalue weighted by Gasteiger charge is -2.11. The largest absolute Gasteiger partial charge is 0.497 e. The molecule has 0 radical (unpaired) electrons. The number of ether oxygens (including phenoxy) is 2. The number of amides is 1. The molecule has 5 heteroatoms. The van der Waals surface area contributed by atoms with Crippen LogP contribution in [0.5, 0.6) is 11.5 Å². The molecule has 3 N–H and O–H groups in total. The minimum absolute atomic E-state index is 0.211. The molecule has 2 rings (SSSR count). The summed E-state index contributed by atoms with van der Waals surface area (Å²) in [5.41, 5.74) is 7.78. The molecule has 0 atom stereocenters. The fourth-order valence-electron chi connectivity index (χ4n) is 1.97. The Balaban J connectivity index is 2.10. The van der Waals surface area contributed by atoms with Crippen LogP contribution in [0.1, 0.15) is 15.9 Å². The Kier molecular flexibility index (Phi) is 4.66. The maximum atomic E-state index is 12.2. The van der Waals surface area contributed by atoms with Gasteiger partial charge in [0.15, 0.2) is 0 Å². The van der Waals surface area contributed by atoms with Crippen molar-refractivity contribution in [1.82, 2.24) is 5.32 Å². The molecule has 0 aliphatic carbocycles. The van der Waals surface area contributed by atoms with Crippen molar-refractivity contribution in [2.75, 3.05) is 20.0 Å². The van der Waals surface area contributed by atoms with E-state index in [9.17, 15) is 4.79 Å². The average Bonchev–Trinajstić information content (AvgIpc) is 2.52. The minimum atomic E-state index is -0.211. The highest BCUT2D eigenvalue weighted by Crippen LogP contribution is 2.24. The van der Waals surface area contributed by atoms with Crippen LogP contribution in [-0.2, 0) is 6.54 Å². The molecule has 0 bridgehead atoms. The van der Waals surface area contributed by atoms with Gasteiger partial charge >= 0.3 is 0 Å². The first-order valence-electron chi connectivity index (χ1n) is 6.48. The van der Waals surface area contributed by atoms with Crippen molar-refractivity contribution in [2.24, 2.45) is 0 Å². The molecule has 0 heterocycles. The van der Waals surface area contributed by atoms with Crippen LogP contribution < -0.4 is 20.5 Å². The van der Waals surface area contributed by atoms with E-state index in [0.717, 1.165) is 5.56 Å². The quantitative estimate of drug-likeness (QED) is 0.827. The van der Waals surface area contributed by atoms with Crippen molar-refractivity contribution in [3.63, 3.8) is 0 Å². The lowest BCUT2D eigenvalue weighted by molar-refractivity contribution is 0.0948. The number of nitrogen functional groups attached to an aromatic ring is 1. The molecule has 0 unspecified atom stereocenters. The molecule has 110 valence electrons. The van der Waals surface area contributed by atoms with Gasteiger partial charge in [0, 0.05) is 18.3 Å². The zero-order valence-electron chi connectivity index (χ0n) is 12.1. The van der Waals surface area contributed by atoms with Crippen molar-refractivity contribution in [3.8, 4) is 11.5 Å². The van der Waals surface area contributed by atoms with Gasteiger partial charge in [-0.25, -0.2) is 0 Å². The van der Waals surface area contributed by atoms with Crippen molar-refractivity contribution in [2.45, 2.75) is 6.54 Å². The summed E-state index contributed by atoms with van der Waals surface area (Å²) < 4.78 is 10.3. The Labute approximate surface area is 123 Å². The summed E-state index contributed by atoms with van der Waals surface area (Å²) in [5, 5.41) is 2.84. The van der Waals surface area contributed by atoms with Crippen LogP contribution in [0.15, 0.2) is 42.5 Å². The molecule has 0 aromatic heterocycles. The Morgan fingerprint density at radius 3 is 2.62 bits per heavy atom. The molecule has 5 nitrogen and oxygen atoms in total. The number of carbonyl (C=O) groups is 1. The highest BCUT2D eigenvalue weighted by molar-refractivity contribution is 5.97. The van der Waals surface area contributed by atoms with Crippen molar-refractivity contribution < 1.29 is 14.3 Å². The van der Waals surface area contributed by atoms with Crippen molar-refractivity contribution >= 4 is 11.6 Å². The smallest absolute Gasteiger partial charge is 0.255 e. The normalized spacial score (nSPS) is 10.0. The number of benzene rings is 2. The van der Waals surface area contributed by atoms with E-state index in [0.29, 0.717) is 29.3 Å². The van der Waals surface area contributed by atoms with E-state index >= 15 is 0 Å². The fraction of sp³-hybridized carbons (Fsp3) is 0.188. The second-order valence-corrected chi connectivity index (χ2v) is 4.49. The molecule has 0 aliphatic rings. The second kappa shape index (κ2) is 6.65. The summed E-state index contributed by atoms with van der Waals surface area (Å²) in [6.45, 7) is 0.402. The van der Waals surface area contributed by atoms with E-state index in [1.54, 1.807) is 31.4 Å². The fourth-order valence-corrected chi connectivity index (χ4v) is 1.97. The van der Waals surface area contributed by atoms with Crippen molar-refractivity contribution in [1.29, 1.82) is 0 Å². The van der Waals surface area contributed by atoms with Gasteiger partial charge in [-0.2, -0.15) is 0 Å². The Morgan fingerprint density at radius 2 is 1.95 bits per heavy atom. The SMILES string of the molecule is COc1ccc(C(=O)NCc2cccc(N)c2)c(OC)c1. The highest BCUT2D eigenvalue weighted by Gasteiger charge is 2.12. The van der Waals surface area contributed by atoms with Crippen LogP contribution in [0.4, 0.5) is 5.69 Å². The first kappa shape index (κ1) is 14.7. The van der Waals surface area contributed by atoms with Gasteiger partial charge in [0.1, 0.15) is 11.5 Å². The summed E-state index contributed by atoms with van der Waals surface area (Å²) in [5.74, 6) is 0.899. The molecule has 0 saturated heterocycles. The zero-order chi connectivity index (χ0) is 15.2. The van der Waals surface area contributed by atoms with Crippen molar-refractivity contribution in [3.05, 3.63) is 53.6 Å². The summed E-state index contributed by atoms with van der Waals surface area (Å²) in [6, 6.07) is 12.5. The van der Waals surface area contributed by atoms with Gasteiger partial charge < -0.3 is 20.5 Å². The summed E-state index contributed by atoms with van der Waals surface area (Å²) in [6.07, 6.45) is 0. The molecule has 1 amide bonds. The molecule has 0 fully saturated rings. The van der Waals surface area contributed by atoms with Crippen LogP contribution in [0, 0.1) is 0 Å². The topological polar surface area (TPSA) is 73.6 Å². The molecular formula is C16H18N2O3. The summed E-state index contributed by atoms with van der Waals surface area (Å²) >= 11 is 0. The zero-order valence-corrected chi connectivity index (χ0v) is 12.1. The predicted molar refractivity (Wildman–Crippen MR) is 81.6 cm³/mol. The van der Waals surface area contributed by atoms with Gasteiger partial charge in [0.05, 0.1) is 19.8 Å². The average molecular weight is 286 g/mol. The molecule has 21 heavy (non-hydrogen) atoms. The first-order valence-corrected chi connectivity index (χ1v) is 6.48. The highest BCUT2D eigenvalue weighted by atomic mass is 16.5. The van der Waals surface area contributed by atoms with Crippen LogP contribution in [-0.4, -0.2) is 20.1 Å².